The molecule has 19 heavy (non-hydrogen) atoms. The Morgan fingerprint density at radius 3 is 1.16 bits per heavy atom. The molecule has 0 unspecified atom stereocenters. The first kappa shape index (κ1) is 19.2. The molecule has 0 rings (SSSR count). The van der Waals surface area contributed by atoms with Gasteiger partial charge in [-0.05, 0) is 61.2 Å². The lowest BCUT2D eigenvalue weighted by atomic mass is 10.2. The zero-order chi connectivity index (χ0) is 15.5. The van der Waals surface area contributed by atoms with Gasteiger partial charge in [0.2, 0.25) is 0 Å². The van der Waals surface area contributed by atoms with Gasteiger partial charge in [-0.25, -0.2) is 18.9 Å². The molecule has 116 valence electrons. The molecular formula is C12H30O5Si2. The lowest BCUT2D eigenvalue weighted by Gasteiger charge is -2.34. The van der Waals surface area contributed by atoms with Crippen LogP contribution in [0.2, 0.25) is 26.2 Å². The molecule has 0 aliphatic carbocycles. The van der Waals surface area contributed by atoms with E-state index in [0.29, 0.717) is 0 Å². The molecule has 0 aliphatic heterocycles. The van der Waals surface area contributed by atoms with E-state index < -0.39 is 28.3 Å². The third-order valence-electron chi connectivity index (χ3n) is 1.38. The van der Waals surface area contributed by atoms with Crippen LogP contribution in [0.1, 0.15) is 41.5 Å². The predicted molar refractivity (Wildman–Crippen MR) is 79.9 cm³/mol. The van der Waals surface area contributed by atoms with Crippen molar-refractivity contribution in [1.29, 1.82) is 0 Å². The Kier molecular flexibility index (Phi) is 6.41. The maximum Gasteiger partial charge on any atom is 0.544 e. The number of rotatable bonds is 6. The van der Waals surface area contributed by atoms with Crippen LogP contribution in [0.3, 0.4) is 0 Å². The summed E-state index contributed by atoms with van der Waals surface area (Å²) in [6.45, 7) is 19.4. The minimum absolute atomic E-state index is 0.428. The normalized spacial score (nSPS) is 14.8. The van der Waals surface area contributed by atoms with Crippen LogP contribution in [0.5, 0.6) is 0 Å². The van der Waals surface area contributed by atoms with Crippen LogP contribution < -0.4 is 0 Å². The Morgan fingerprint density at radius 1 is 0.632 bits per heavy atom. The standard InChI is InChI=1S/C12H30O5Si2/c1-11(2,3)13-15-19(10,17-18(7,8)9)16-14-12(4,5)6/h1-10H3. The molecule has 0 aromatic heterocycles. The molecule has 0 amide bonds. The molecule has 0 aromatic rings. The Balaban J connectivity index is 4.72. The summed E-state index contributed by atoms with van der Waals surface area (Å²) in [7, 11) is -4.82. The number of hydrogen-bond acceptors (Lipinski definition) is 5. The molecule has 0 saturated carbocycles. The molecule has 7 heteroatoms. The van der Waals surface area contributed by atoms with Gasteiger partial charge in [0.25, 0.3) is 0 Å². The summed E-state index contributed by atoms with van der Waals surface area (Å²) in [5.74, 6) is 0. The van der Waals surface area contributed by atoms with Gasteiger partial charge >= 0.3 is 8.80 Å². The minimum Gasteiger partial charge on any atom is -0.414 e. The van der Waals surface area contributed by atoms with E-state index >= 15 is 0 Å². The largest absolute Gasteiger partial charge is 0.544 e. The second kappa shape index (κ2) is 6.34. The van der Waals surface area contributed by atoms with E-state index in [-0.39, 0.29) is 0 Å². The van der Waals surface area contributed by atoms with Crippen LogP contribution in [0.4, 0.5) is 0 Å². The summed E-state index contributed by atoms with van der Waals surface area (Å²) in [4.78, 5) is 10.7. The van der Waals surface area contributed by atoms with E-state index in [4.69, 9.17) is 23.0 Å². The fourth-order valence-corrected chi connectivity index (χ4v) is 6.56. The quantitative estimate of drug-likeness (QED) is 0.423. The first-order chi connectivity index (χ1) is 8.12. The van der Waals surface area contributed by atoms with Crippen molar-refractivity contribution >= 4 is 17.1 Å². The van der Waals surface area contributed by atoms with Crippen LogP contribution in [-0.2, 0) is 23.0 Å². The van der Waals surface area contributed by atoms with E-state index in [1.807, 2.05) is 41.5 Å². The maximum atomic E-state index is 6.00. The minimum atomic E-state index is -2.99. The molecule has 0 spiro atoms. The highest BCUT2D eigenvalue weighted by molar-refractivity contribution is 6.79. The van der Waals surface area contributed by atoms with Gasteiger partial charge in [0.15, 0.2) is 8.32 Å². The zero-order valence-corrected chi connectivity index (χ0v) is 16.0. The van der Waals surface area contributed by atoms with Gasteiger partial charge in [-0.3, -0.25) is 0 Å². The van der Waals surface area contributed by atoms with Crippen LogP contribution in [0.15, 0.2) is 0 Å². The zero-order valence-electron chi connectivity index (χ0n) is 14.0. The van der Waals surface area contributed by atoms with E-state index in [9.17, 15) is 0 Å². The summed E-state index contributed by atoms with van der Waals surface area (Å²) < 4.78 is 16.9. The van der Waals surface area contributed by atoms with Gasteiger partial charge in [0, 0.05) is 6.55 Å². The Bertz CT molecular complexity index is 257. The fraction of sp³-hybridized carbons (Fsp3) is 1.00. The Labute approximate surface area is 119 Å². The highest BCUT2D eigenvalue weighted by Gasteiger charge is 2.45. The van der Waals surface area contributed by atoms with Crippen molar-refractivity contribution in [3.8, 4) is 0 Å². The van der Waals surface area contributed by atoms with Crippen molar-refractivity contribution in [1.82, 2.24) is 0 Å². The Hall–Kier alpha value is 0.234. The lowest BCUT2D eigenvalue weighted by molar-refractivity contribution is -0.360. The summed E-state index contributed by atoms with van der Waals surface area (Å²) in [5.41, 5.74) is -0.857. The van der Waals surface area contributed by atoms with Gasteiger partial charge < -0.3 is 4.12 Å². The number of hydrogen-bond donors (Lipinski definition) is 0. The van der Waals surface area contributed by atoms with Crippen molar-refractivity contribution in [3.05, 3.63) is 0 Å². The van der Waals surface area contributed by atoms with Crippen molar-refractivity contribution in [3.63, 3.8) is 0 Å². The predicted octanol–water partition coefficient (Wildman–Crippen LogP) is 3.90. The molecule has 0 saturated heterocycles. The van der Waals surface area contributed by atoms with Crippen LogP contribution in [-0.4, -0.2) is 28.3 Å². The highest BCUT2D eigenvalue weighted by Crippen LogP contribution is 2.22. The summed E-state index contributed by atoms with van der Waals surface area (Å²) >= 11 is 0. The molecule has 0 fully saturated rings. The highest BCUT2D eigenvalue weighted by atomic mass is 28.5. The van der Waals surface area contributed by atoms with Gasteiger partial charge in [-0.1, -0.05) is 0 Å². The summed E-state index contributed by atoms with van der Waals surface area (Å²) in [6, 6.07) is 0. The molecule has 0 heterocycles. The molecule has 0 N–H and O–H groups in total. The van der Waals surface area contributed by atoms with Crippen molar-refractivity contribution in [2.24, 2.45) is 0 Å². The SMILES string of the molecule is CC(C)(C)OO[Si](C)(OOC(C)(C)C)O[Si](C)(C)C. The molecule has 0 aliphatic rings. The van der Waals surface area contributed by atoms with E-state index in [2.05, 4.69) is 19.6 Å². The Morgan fingerprint density at radius 2 is 0.947 bits per heavy atom. The van der Waals surface area contributed by atoms with Crippen LogP contribution in [0, 0.1) is 0 Å². The topological polar surface area (TPSA) is 46.2 Å². The third-order valence-corrected chi connectivity index (χ3v) is 6.08. The maximum absolute atomic E-state index is 6.00. The first-order valence-electron chi connectivity index (χ1n) is 6.56. The molecule has 5 nitrogen and oxygen atoms in total. The van der Waals surface area contributed by atoms with E-state index in [1.54, 1.807) is 6.55 Å². The van der Waals surface area contributed by atoms with Crippen molar-refractivity contribution in [2.75, 3.05) is 0 Å². The monoisotopic (exact) mass is 310 g/mol. The van der Waals surface area contributed by atoms with Crippen molar-refractivity contribution in [2.45, 2.75) is 78.9 Å². The summed E-state index contributed by atoms with van der Waals surface area (Å²) in [5, 5.41) is 0. The molecular weight excluding hydrogens is 280 g/mol. The fourth-order valence-electron chi connectivity index (χ4n) is 1.01. The summed E-state index contributed by atoms with van der Waals surface area (Å²) in [6.07, 6.45) is 0. The van der Waals surface area contributed by atoms with E-state index in [0.717, 1.165) is 0 Å². The van der Waals surface area contributed by atoms with Gasteiger partial charge in [0.1, 0.15) is 0 Å². The van der Waals surface area contributed by atoms with Gasteiger partial charge in [0.05, 0.1) is 11.2 Å². The molecule has 0 atom stereocenters. The van der Waals surface area contributed by atoms with Gasteiger partial charge in [-0.2, -0.15) is 0 Å². The van der Waals surface area contributed by atoms with Gasteiger partial charge in [-0.15, -0.1) is 0 Å². The average Bonchev–Trinajstić information content (AvgIpc) is 2.07. The molecule has 0 radical (unpaired) electrons. The molecule has 0 bridgehead atoms. The smallest absolute Gasteiger partial charge is 0.414 e. The van der Waals surface area contributed by atoms with E-state index in [1.165, 1.54) is 0 Å². The first-order valence-corrected chi connectivity index (χ1v) is 12.2. The van der Waals surface area contributed by atoms with Crippen LogP contribution in [0.25, 0.3) is 0 Å². The second-order valence-corrected chi connectivity index (χ2v) is 14.7. The molecule has 0 aromatic carbocycles. The lowest BCUT2D eigenvalue weighted by Crippen LogP contribution is -2.52. The van der Waals surface area contributed by atoms with Crippen molar-refractivity contribution < 1.29 is 23.0 Å². The second-order valence-electron chi connectivity index (χ2n) is 7.63. The third kappa shape index (κ3) is 11.7. The van der Waals surface area contributed by atoms with Crippen LogP contribution >= 0.6 is 0 Å². The average molecular weight is 311 g/mol.